The van der Waals surface area contributed by atoms with Gasteiger partial charge in [0.15, 0.2) is 0 Å². The Balaban J connectivity index is 1.90. The van der Waals surface area contributed by atoms with E-state index in [2.05, 4.69) is 15.4 Å². The van der Waals surface area contributed by atoms with E-state index in [0.29, 0.717) is 34.4 Å². The highest BCUT2D eigenvalue weighted by Crippen LogP contribution is 2.45. The topological polar surface area (TPSA) is 97.1 Å². The zero-order chi connectivity index (χ0) is 19.1. The molecule has 1 amide bonds. The highest BCUT2D eigenvalue weighted by atomic mass is 35.5. The fourth-order valence-corrected chi connectivity index (χ4v) is 3.15. The average molecular weight is 397 g/mol. The maximum absolute atomic E-state index is 12.4. The summed E-state index contributed by atoms with van der Waals surface area (Å²) in [6.45, 7) is 3.88. The van der Waals surface area contributed by atoms with Crippen LogP contribution in [0.25, 0.3) is 5.69 Å². The quantitative estimate of drug-likeness (QED) is 0.780. The highest BCUT2D eigenvalue weighted by molar-refractivity contribution is 6.37. The first kappa shape index (κ1) is 18.7. The van der Waals surface area contributed by atoms with Gasteiger partial charge in [-0.1, -0.05) is 43.1 Å². The SMILES string of the molecule is CC(C)c1nc(C(=O)NCC2(C(=O)O)CC2)nn1-c1c(Cl)cccc1Cl. The van der Waals surface area contributed by atoms with Crippen LogP contribution in [0.15, 0.2) is 18.2 Å². The number of aliphatic carboxylic acids is 1. The van der Waals surface area contributed by atoms with E-state index in [9.17, 15) is 14.7 Å². The van der Waals surface area contributed by atoms with E-state index >= 15 is 0 Å². The van der Waals surface area contributed by atoms with E-state index in [4.69, 9.17) is 23.2 Å². The zero-order valence-electron chi connectivity index (χ0n) is 14.3. The molecule has 1 fully saturated rings. The molecular formula is C17H18Cl2N4O3. The highest BCUT2D eigenvalue weighted by Gasteiger charge is 2.50. The molecular weight excluding hydrogens is 379 g/mol. The first-order valence-corrected chi connectivity index (χ1v) is 8.94. The summed E-state index contributed by atoms with van der Waals surface area (Å²) in [5, 5.41) is 16.9. The number of carboxylic acid groups (broad SMARTS) is 1. The molecule has 1 aliphatic rings. The van der Waals surface area contributed by atoms with Gasteiger partial charge >= 0.3 is 5.97 Å². The molecule has 26 heavy (non-hydrogen) atoms. The number of carbonyl (C=O) groups excluding carboxylic acids is 1. The summed E-state index contributed by atoms with van der Waals surface area (Å²) < 4.78 is 1.47. The van der Waals surface area contributed by atoms with Gasteiger partial charge in [0.05, 0.1) is 15.5 Å². The van der Waals surface area contributed by atoms with E-state index in [1.165, 1.54) is 4.68 Å². The number of hydrogen-bond acceptors (Lipinski definition) is 4. The number of aromatic nitrogens is 3. The van der Waals surface area contributed by atoms with Crippen molar-refractivity contribution in [2.45, 2.75) is 32.6 Å². The number of carbonyl (C=O) groups is 2. The summed E-state index contributed by atoms with van der Waals surface area (Å²) in [7, 11) is 0. The van der Waals surface area contributed by atoms with Crippen LogP contribution in [0.5, 0.6) is 0 Å². The second-order valence-electron chi connectivity index (χ2n) is 6.70. The van der Waals surface area contributed by atoms with Gasteiger partial charge in [-0.3, -0.25) is 9.59 Å². The number of halogens is 2. The van der Waals surface area contributed by atoms with E-state index in [1.807, 2.05) is 13.8 Å². The van der Waals surface area contributed by atoms with Gasteiger partial charge < -0.3 is 10.4 Å². The number of nitrogens with zero attached hydrogens (tertiary/aromatic N) is 3. The van der Waals surface area contributed by atoms with Crippen molar-refractivity contribution in [1.82, 2.24) is 20.1 Å². The molecule has 0 unspecified atom stereocenters. The Morgan fingerprint density at radius 1 is 1.31 bits per heavy atom. The standard InChI is InChI=1S/C17H18Cl2N4O3/c1-9(2)14-21-13(15(24)20-8-17(6-7-17)16(25)26)22-23(14)12-10(18)4-3-5-11(12)19/h3-5,9H,6-8H2,1-2H3,(H,20,24)(H,25,26). The van der Waals surface area contributed by atoms with Crippen LogP contribution < -0.4 is 5.32 Å². The molecule has 0 spiro atoms. The number of benzene rings is 1. The van der Waals surface area contributed by atoms with Crippen LogP contribution in [-0.2, 0) is 4.79 Å². The molecule has 1 aromatic heterocycles. The molecule has 2 N–H and O–H groups in total. The van der Waals surface area contributed by atoms with Crippen molar-refractivity contribution >= 4 is 35.1 Å². The van der Waals surface area contributed by atoms with Gasteiger partial charge in [-0.05, 0) is 25.0 Å². The Bertz CT molecular complexity index is 855. The first-order chi connectivity index (χ1) is 12.2. The molecule has 1 aromatic carbocycles. The monoisotopic (exact) mass is 396 g/mol. The maximum atomic E-state index is 12.4. The summed E-state index contributed by atoms with van der Waals surface area (Å²) in [6, 6.07) is 5.07. The first-order valence-electron chi connectivity index (χ1n) is 8.18. The van der Waals surface area contributed by atoms with Gasteiger partial charge in [-0.15, -0.1) is 5.10 Å². The Labute approximate surface area is 160 Å². The van der Waals surface area contributed by atoms with Crippen LogP contribution in [0.1, 0.15) is 49.1 Å². The van der Waals surface area contributed by atoms with Crippen molar-refractivity contribution < 1.29 is 14.7 Å². The van der Waals surface area contributed by atoms with E-state index < -0.39 is 17.3 Å². The lowest BCUT2D eigenvalue weighted by Gasteiger charge is -2.11. The van der Waals surface area contributed by atoms with E-state index in [0.717, 1.165) is 0 Å². The lowest BCUT2D eigenvalue weighted by Crippen LogP contribution is -2.34. The van der Waals surface area contributed by atoms with Gasteiger partial charge in [-0.25, -0.2) is 9.67 Å². The summed E-state index contributed by atoms with van der Waals surface area (Å²) >= 11 is 12.5. The number of para-hydroxylation sites is 1. The number of rotatable bonds is 6. The van der Waals surface area contributed by atoms with Crippen molar-refractivity contribution in [2.75, 3.05) is 6.54 Å². The average Bonchev–Trinajstić information content (AvgIpc) is 3.24. The molecule has 138 valence electrons. The third-order valence-corrected chi connectivity index (χ3v) is 5.01. The Morgan fingerprint density at radius 2 is 1.92 bits per heavy atom. The van der Waals surface area contributed by atoms with Gasteiger partial charge in [0.25, 0.3) is 5.91 Å². The van der Waals surface area contributed by atoms with Gasteiger partial charge in [0.2, 0.25) is 5.82 Å². The van der Waals surface area contributed by atoms with Crippen LogP contribution in [0.2, 0.25) is 10.0 Å². The second-order valence-corrected chi connectivity index (χ2v) is 7.51. The molecule has 7 nitrogen and oxygen atoms in total. The van der Waals surface area contributed by atoms with Crippen LogP contribution in [0, 0.1) is 5.41 Å². The minimum Gasteiger partial charge on any atom is -0.481 e. The smallest absolute Gasteiger partial charge is 0.311 e. The minimum absolute atomic E-state index is 0.0369. The van der Waals surface area contributed by atoms with Gasteiger partial charge in [-0.2, -0.15) is 0 Å². The van der Waals surface area contributed by atoms with Gasteiger partial charge in [0.1, 0.15) is 11.5 Å². The third-order valence-electron chi connectivity index (χ3n) is 4.40. The molecule has 0 radical (unpaired) electrons. The summed E-state index contributed by atoms with van der Waals surface area (Å²) in [5.74, 6) is -0.982. The normalized spacial score (nSPS) is 15.1. The summed E-state index contributed by atoms with van der Waals surface area (Å²) in [4.78, 5) is 28.0. The van der Waals surface area contributed by atoms with Crippen LogP contribution in [0.4, 0.5) is 0 Å². The largest absolute Gasteiger partial charge is 0.481 e. The molecule has 9 heteroatoms. The molecule has 3 rings (SSSR count). The van der Waals surface area contributed by atoms with Gasteiger partial charge in [0, 0.05) is 12.5 Å². The Kier molecular flexibility index (Phi) is 4.94. The second kappa shape index (κ2) is 6.89. The summed E-state index contributed by atoms with van der Waals surface area (Å²) in [5.41, 5.74) is -0.402. The van der Waals surface area contributed by atoms with Crippen LogP contribution in [-0.4, -0.2) is 38.3 Å². The number of hydrogen-bond donors (Lipinski definition) is 2. The van der Waals surface area contributed by atoms with Crippen LogP contribution in [0.3, 0.4) is 0 Å². The van der Waals surface area contributed by atoms with Crippen molar-refractivity contribution in [3.63, 3.8) is 0 Å². The maximum Gasteiger partial charge on any atom is 0.311 e. The van der Waals surface area contributed by atoms with Crippen molar-refractivity contribution in [3.05, 3.63) is 39.9 Å². The number of carboxylic acids is 1. The molecule has 1 heterocycles. The predicted molar refractivity (Wildman–Crippen MR) is 97.1 cm³/mol. The molecule has 0 bridgehead atoms. The number of amides is 1. The predicted octanol–water partition coefficient (Wildman–Crippen LogP) is 3.29. The molecule has 0 saturated heterocycles. The molecule has 2 aromatic rings. The lowest BCUT2D eigenvalue weighted by atomic mass is 10.1. The number of nitrogens with one attached hydrogen (secondary N) is 1. The van der Waals surface area contributed by atoms with Crippen molar-refractivity contribution in [2.24, 2.45) is 5.41 Å². The van der Waals surface area contributed by atoms with Crippen LogP contribution >= 0.6 is 23.2 Å². The van der Waals surface area contributed by atoms with Crippen molar-refractivity contribution in [1.29, 1.82) is 0 Å². The minimum atomic E-state index is -0.901. The van der Waals surface area contributed by atoms with E-state index in [1.54, 1.807) is 18.2 Å². The molecule has 1 saturated carbocycles. The fourth-order valence-electron chi connectivity index (χ4n) is 2.60. The molecule has 1 aliphatic carbocycles. The fraction of sp³-hybridized carbons (Fsp3) is 0.412. The van der Waals surface area contributed by atoms with Crippen molar-refractivity contribution in [3.8, 4) is 5.69 Å². The molecule has 0 atom stereocenters. The lowest BCUT2D eigenvalue weighted by molar-refractivity contribution is -0.143. The van der Waals surface area contributed by atoms with E-state index in [-0.39, 0.29) is 18.3 Å². The molecule has 0 aliphatic heterocycles. The third kappa shape index (κ3) is 3.41. The Hall–Kier alpha value is -2.12. The zero-order valence-corrected chi connectivity index (χ0v) is 15.8. The summed E-state index contributed by atoms with van der Waals surface area (Å²) in [6.07, 6.45) is 1.11. The Morgan fingerprint density at radius 3 is 2.42 bits per heavy atom.